The van der Waals surface area contributed by atoms with Crippen LogP contribution in [0.5, 0.6) is 11.5 Å². The van der Waals surface area contributed by atoms with E-state index >= 15 is 0 Å². The summed E-state index contributed by atoms with van der Waals surface area (Å²) in [5.74, 6) is 3.19. The van der Waals surface area contributed by atoms with E-state index in [0.717, 1.165) is 36.6 Å². The van der Waals surface area contributed by atoms with Crippen LogP contribution in [0.25, 0.3) is 0 Å². The summed E-state index contributed by atoms with van der Waals surface area (Å²) in [6, 6.07) is 4.61. The number of hydrogen-bond acceptors (Lipinski definition) is 4. The molecule has 2 bridgehead atoms. The largest absolute Gasteiger partial charge is 0.497 e. The van der Waals surface area contributed by atoms with Crippen LogP contribution in [-0.4, -0.2) is 32.9 Å². The smallest absolute Gasteiger partial charge is 0.169 e. The molecule has 0 amide bonds. The highest BCUT2D eigenvalue weighted by Gasteiger charge is 2.65. The van der Waals surface area contributed by atoms with Crippen molar-refractivity contribution in [3.05, 3.63) is 59.4 Å². The van der Waals surface area contributed by atoms with Gasteiger partial charge in [0.15, 0.2) is 17.6 Å². The molecule has 4 nitrogen and oxygen atoms in total. The van der Waals surface area contributed by atoms with Crippen LogP contribution >= 0.6 is 0 Å². The van der Waals surface area contributed by atoms with Crippen molar-refractivity contribution in [2.45, 2.75) is 30.4 Å². The fourth-order valence-electron chi connectivity index (χ4n) is 5.52. The van der Waals surface area contributed by atoms with E-state index in [2.05, 4.69) is 30.1 Å². The first-order valence-electron chi connectivity index (χ1n) is 8.92. The normalized spacial score (nSPS) is 33.1. The third-order valence-corrected chi connectivity index (χ3v) is 6.35. The Kier molecular flexibility index (Phi) is 3.11. The number of allylic oxidation sites excluding steroid dienone is 2. The molecular weight excluding hydrogens is 314 g/mol. The molecule has 2 unspecified atom stereocenters. The third kappa shape index (κ3) is 1.70. The summed E-state index contributed by atoms with van der Waals surface area (Å²) in [6.45, 7) is 4.68. The third-order valence-electron chi connectivity index (χ3n) is 6.35. The number of methoxy groups -OCH3 is 2. The molecule has 130 valence electrons. The van der Waals surface area contributed by atoms with E-state index in [4.69, 9.17) is 14.2 Å². The average molecular weight is 337 g/mol. The molecule has 3 aliphatic carbocycles. The first-order chi connectivity index (χ1) is 12.2. The molecule has 1 N–H and O–H groups in total. The number of nitrogens with one attached hydrogen (secondary N) is 1. The van der Waals surface area contributed by atoms with Crippen molar-refractivity contribution in [3.8, 4) is 11.5 Å². The fourth-order valence-corrected chi connectivity index (χ4v) is 5.52. The maximum Gasteiger partial charge on any atom is 0.169 e. The van der Waals surface area contributed by atoms with Crippen LogP contribution in [-0.2, 0) is 16.6 Å². The monoisotopic (exact) mass is 337 g/mol. The highest BCUT2D eigenvalue weighted by molar-refractivity contribution is 5.68. The predicted molar refractivity (Wildman–Crippen MR) is 96.1 cm³/mol. The predicted octanol–water partition coefficient (Wildman–Crippen LogP) is 2.88. The first-order valence-corrected chi connectivity index (χ1v) is 8.92. The number of hydrogen-bond donors (Lipinski definition) is 1. The van der Waals surface area contributed by atoms with Crippen LogP contribution in [0.1, 0.15) is 17.5 Å². The summed E-state index contributed by atoms with van der Waals surface area (Å²) in [5.41, 5.74) is 4.02. The van der Waals surface area contributed by atoms with E-state index in [1.807, 2.05) is 12.1 Å². The van der Waals surface area contributed by atoms with Gasteiger partial charge in [0.1, 0.15) is 5.76 Å². The molecule has 1 heterocycles. The summed E-state index contributed by atoms with van der Waals surface area (Å²) >= 11 is 0. The highest BCUT2D eigenvalue weighted by atomic mass is 16.6. The quantitative estimate of drug-likeness (QED) is 0.839. The van der Waals surface area contributed by atoms with Crippen molar-refractivity contribution in [2.75, 3.05) is 20.8 Å². The lowest BCUT2D eigenvalue weighted by atomic mass is 9.65. The SMILES string of the molecule is C=CCN[C@@H]1C2=CC=C(OC)C3Oc4c(OC)ccc5c4[C@@]23CC1C5. The second kappa shape index (κ2) is 5.15. The summed E-state index contributed by atoms with van der Waals surface area (Å²) in [4.78, 5) is 0. The van der Waals surface area contributed by atoms with Crippen LogP contribution in [0.3, 0.4) is 0 Å². The lowest BCUT2D eigenvalue weighted by Crippen LogP contribution is -2.44. The van der Waals surface area contributed by atoms with E-state index in [9.17, 15) is 0 Å². The second-order valence-electron chi connectivity index (χ2n) is 7.34. The van der Waals surface area contributed by atoms with Gasteiger partial charge in [0.2, 0.25) is 0 Å². The van der Waals surface area contributed by atoms with E-state index in [-0.39, 0.29) is 11.5 Å². The molecule has 1 aliphatic heterocycles. The molecular formula is C21H23NO3. The lowest BCUT2D eigenvalue weighted by Gasteiger charge is -2.37. The van der Waals surface area contributed by atoms with Gasteiger partial charge in [-0.2, -0.15) is 0 Å². The average Bonchev–Trinajstić information content (AvgIpc) is 3.11. The number of rotatable bonds is 5. The standard InChI is InChI=1S/C21H23NO3/c1-4-9-22-18-13-10-12-5-7-15(23-2)19-17(12)21(11-13)14(18)6-8-16(24-3)20(21)25-19/h4-8,13,18,20,22H,1,9-11H2,2-3H3/t13?,18-,20?,21+/m0/s1. The van der Waals surface area contributed by atoms with E-state index < -0.39 is 0 Å². The van der Waals surface area contributed by atoms with E-state index in [1.165, 1.54) is 16.7 Å². The maximum atomic E-state index is 6.49. The maximum absolute atomic E-state index is 6.49. The molecule has 4 aliphatic rings. The Hall–Kier alpha value is -2.20. The number of benzene rings is 1. The van der Waals surface area contributed by atoms with Gasteiger partial charge in [-0.15, -0.1) is 6.58 Å². The van der Waals surface area contributed by atoms with Gasteiger partial charge in [0.25, 0.3) is 0 Å². The van der Waals surface area contributed by atoms with Gasteiger partial charge < -0.3 is 19.5 Å². The molecule has 0 saturated heterocycles. The van der Waals surface area contributed by atoms with Crippen molar-refractivity contribution in [1.82, 2.24) is 5.32 Å². The van der Waals surface area contributed by atoms with Crippen LogP contribution in [0.15, 0.2) is 48.3 Å². The molecule has 4 heteroatoms. The number of ether oxygens (including phenoxy) is 3. The van der Waals surface area contributed by atoms with Crippen LogP contribution < -0.4 is 14.8 Å². The molecule has 0 radical (unpaired) electrons. The zero-order valence-electron chi connectivity index (χ0n) is 14.7. The van der Waals surface area contributed by atoms with Crippen molar-refractivity contribution in [2.24, 2.45) is 5.92 Å². The zero-order valence-corrected chi connectivity index (χ0v) is 14.7. The molecule has 1 spiro atoms. The van der Waals surface area contributed by atoms with Gasteiger partial charge in [0.05, 0.1) is 19.6 Å². The summed E-state index contributed by atoms with van der Waals surface area (Å²) < 4.78 is 17.8. The minimum Gasteiger partial charge on any atom is -0.497 e. The van der Waals surface area contributed by atoms with E-state index in [1.54, 1.807) is 14.2 Å². The Labute approximate surface area is 148 Å². The Morgan fingerprint density at radius 2 is 2.20 bits per heavy atom. The van der Waals surface area contributed by atoms with Crippen LogP contribution in [0, 0.1) is 5.92 Å². The summed E-state index contributed by atoms with van der Waals surface area (Å²) in [7, 11) is 3.44. The second-order valence-corrected chi connectivity index (χ2v) is 7.34. The van der Waals surface area contributed by atoms with Gasteiger partial charge in [-0.25, -0.2) is 0 Å². The van der Waals surface area contributed by atoms with Gasteiger partial charge in [-0.05, 0) is 42.0 Å². The Bertz CT molecular complexity index is 825. The van der Waals surface area contributed by atoms with Crippen molar-refractivity contribution < 1.29 is 14.2 Å². The van der Waals surface area contributed by atoms with Crippen molar-refractivity contribution in [1.29, 1.82) is 0 Å². The Morgan fingerprint density at radius 3 is 2.96 bits per heavy atom. The van der Waals surface area contributed by atoms with Gasteiger partial charge >= 0.3 is 0 Å². The zero-order chi connectivity index (χ0) is 17.2. The Morgan fingerprint density at radius 1 is 1.32 bits per heavy atom. The molecule has 25 heavy (non-hydrogen) atoms. The minimum absolute atomic E-state index is 0.0964. The molecule has 1 aromatic carbocycles. The molecule has 0 aromatic heterocycles. The van der Waals surface area contributed by atoms with Gasteiger partial charge in [-0.1, -0.05) is 18.2 Å². The molecule has 1 saturated carbocycles. The fraction of sp³-hybridized carbons (Fsp3) is 0.429. The Balaban J connectivity index is 1.74. The summed E-state index contributed by atoms with van der Waals surface area (Å²) in [5, 5.41) is 3.69. The summed E-state index contributed by atoms with van der Waals surface area (Å²) in [6.07, 6.45) is 8.32. The lowest BCUT2D eigenvalue weighted by molar-refractivity contribution is 0.114. The highest BCUT2D eigenvalue weighted by Crippen LogP contribution is 2.65. The van der Waals surface area contributed by atoms with Crippen LogP contribution in [0.4, 0.5) is 0 Å². The van der Waals surface area contributed by atoms with E-state index in [0.29, 0.717) is 12.0 Å². The van der Waals surface area contributed by atoms with Crippen molar-refractivity contribution >= 4 is 0 Å². The van der Waals surface area contributed by atoms with Gasteiger partial charge in [0, 0.05) is 18.2 Å². The first kappa shape index (κ1) is 15.1. The van der Waals surface area contributed by atoms with Crippen LogP contribution in [0.2, 0.25) is 0 Å². The molecule has 5 rings (SSSR count). The minimum atomic E-state index is -0.124. The van der Waals surface area contributed by atoms with Gasteiger partial charge in [-0.3, -0.25) is 0 Å². The van der Waals surface area contributed by atoms with Crippen molar-refractivity contribution in [3.63, 3.8) is 0 Å². The molecule has 1 fully saturated rings. The molecule has 4 atom stereocenters. The topological polar surface area (TPSA) is 39.7 Å². The number of fused-ring (bicyclic) bond motifs is 1. The molecule has 1 aromatic rings.